The van der Waals surface area contributed by atoms with Crippen LogP contribution in [-0.4, -0.2) is 44.7 Å². The lowest BCUT2D eigenvalue weighted by atomic mass is 9.94. The van der Waals surface area contributed by atoms with Crippen molar-refractivity contribution < 1.29 is 33.6 Å². The number of methoxy groups -OCH3 is 3. The second-order valence-electron chi connectivity index (χ2n) is 7.95. The molecular weight excluding hydrogens is 462 g/mol. The Kier molecular flexibility index (Phi) is 7.15. The van der Waals surface area contributed by atoms with Gasteiger partial charge in [-0.15, -0.1) is 0 Å². The summed E-state index contributed by atoms with van der Waals surface area (Å²) >= 11 is 0. The number of hydrogen-bond acceptors (Lipinski definition) is 7. The zero-order chi connectivity index (χ0) is 25.8. The molecule has 186 valence electrons. The lowest BCUT2D eigenvalue weighted by Crippen LogP contribution is -2.29. The maximum Gasteiger partial charge on any atom is 0.300 e. The van der Waals surface area contributed by atoms with Crippen molar-refractivity contribution in [1.29, 1.82) is 0 Å². The Morgan fingerprint density at radius 2 is 1.56 bits per heavy atom. The molecule has 1 aliphatic heterocycles. The highest BCUT2D eigenvalue weighted by molar-refractivity contribution is 6.51. The summed E-state index contributed by atoms with van der Waals surface area (Å²) in [7, 11) is 4.56. The molecule has 1 heterocycles. The van der Waals surface area contributed by atoms with Crippen LogP contribution < -0.4 is 23.8 Å². The normalized spacial score (nSPS) is 16.7. The smallest absolute Gasteiger partial charge is 0.300 e. The number of aliphatic hydroxyl groups is 1. The van der Waals surface area contributed by atoms with Gasteiger partial charge >= 0.3 is 0 Å². The van der Waals surface area contributed by atoms with Crippen LogP contribution in [0.3, 0.4) is 0 Å². The zero-order valence-electron chi connectivity index (χ0n) is 20.5. The van der Waals surface area contributed by atoms with Crippen LogP contribution in [0.2, 0.25) is 0 Å². The molecule has 36 heavy (non-hydrogen) atoms. The van der Waals surface area contributed by atoms with E-state index in [-0.39, 0.29) is 11.3 Å². The van der Waals surface area contributed by atoms with Gasteiger partial charge in [0.05, 0.1) is 39.6 Å². The largest absolute Gasteiger partial charge is 0.507 e. The summed E-state index contributed by atoms with van der Waals surface area (Å²) in [5, 5.41) is 11.3. The highest BCUT2D eigenvalue weighted by Gasteiger charge is 2.47. The van der Waals surface area contributed by atoms with Crippen molar-refractivity contribution in [3.8, 4) is 23.0 Å². The van der Waals surface area contributed by atoms with Crippen LogP contribution in [0.15, 0.2) is 72.3 Å². The zero-order valence-corrected chi connectivity index (χ0v) is 20.5. The highest BCUT2D eigenvalue weighted by Crippen LogP contribution is 2.44. The van der Waals surface area contributed by atoms with Crippen LogP contribution in [0.25, 0.3) is 5.76 Å². The van der Waals surface area contributed by atoms with E-state index in [1.165, 1.54) is 26.2 Å². The number of carbonyl (C=O) groups is 2. The molecule has 1 unspecified atom stereocenters. The average molecular weight is 490 g/mol. The lowest BCUT2D eigenvalue weighted by Gasteiger charge is -2.26. The number of anilines is 1. The van der Waals surface area contributed by atoms with Crippen molar-refractivity contribution in [2.75, 3.05) is 32.8 Å². The first-order chi connectivity index (χ1) is 17.4. The average Bonchev–Trinajstić information content (AvgIpc) is 3.18. The Balaban J connectivity index is 1.97. The molecular formula is C28H27NO7. The van der Waals surface area contributed by atoms with Gasteiger partial charge < -0.3 is 24.1 Å². The minimum atomic E-state index is -0.937. The fourth-order valence-corrected chi connectivity index (χ4v) is 4.23. The molecule has 0 saturated carbocycles. The molecule has 0 bridgehead atoms. The number of rotatable bonds is 8. The molecule has 1 saturated heterocycles. The molecule has 0 aromatic heterocycles. The second-order valence-corrected chi connectivity index (χ2v) is 7.95. The number of Topliss-reactive ketones (excluding diaryl/α,β-unsaturated/α-hetero) is 1. The topological polar surface area (TPSA) is 94.5 Å². The molecule has 8 heteroatoms. The number of hydrogen-bond donors (Lipinski definition) is 1. The van der Waals surface area contributed by atoms with E-state index in [9.17, 15) is 14.7 Å². The van der Waals surface area contributed by atoms with Gasteiger partial charge in [-0.05, 0) is 48.9 Å². The van der Waals surface area contributed by atoms with Gasteiger partial charge in [-0.3, -0.25) is 14.5 Å². The molecule has 0 spiro atoms. The second kappa shape index (κ2) is 10.4. The van der Waals surface area contributed by atoms with E-state index < -0.39 is 17.7 Å². The van der Waals surface area contributed by atoms with E-state index in [0.29, 0.717) is 46.4 Å². The molecule has 0 radical (unpaired) electrons. The minimum absolute atomic E-state index is 0.0521. The maximum absolute atomic E-state index is 13.4. The van der Waals surface area contributed by atoms with Gasteiger partial charge in [-0.2, -0.15) is 0 Å². The molecule has 1 fully saturated rings. The number of carbonyl (C=O) groups excluding carboxylic acids is 2. The van der Waals surface area contributed by atoms with Crippen molar-refractivity contribution in [3.05, 3.63) is 83.4 Å². The van der Waals surface area contributed by atoms with E-state index in [1.54, 1.807) is 66.7 Å². The molecule has 4 rings (SSSR count). The maximum atomic E-state index is 13.4. The molecule has 1 atom stereocenters. The van der Waals surface area contributed by atoms with Crippen molar-refractivity contribution in [2.24, 2.45) is 0 Å². The first-order valence-electron chi connectivity index (χ1n) is 11.3. The van der Waals surface area contributed by atoms with Crippen LogP contribution in [0, 0.1) is 0 Å². The molecule has 3 aromatic carbocycles. The van der Waals surface area contributed by atoms with Crippen LogP contribution in [0.4, 0.5) is 5.69 Å². The molecule has 3 aromatic rings. The van der Waals surface area contributed by atoms with E-state index in [1.807, 2.05) is 6.92 Å². The van der Waals surface area contributed by atoms with Gasteiger partial charge in [0.25, 0.3) is 11.7 Å². The van der Waals surface area contributed by atoms with Gasteiger partial charge in [0.1, 0.15) is 17.3 Å². The fourth-order valence-electron chi connectivity index (χ4n) is 4.23. The fraction of sp³-hybridized carbons (Fsp3) is 0.214. The van der Waals surface area contributed by atoms with Crippen LogP contribution in [0.5, 0.6) is 23.0 Å². The number of amides is 1. The summed E-state index contributed by atoms with van der Waals surface area (Å²) < 4.78 is 21.7. The lowest BCUT2D eigenvalue weighted by molar-refractivity contribution is -0.132. The molecule has 0 aliphatic carbocycles. The van der Waals surface area contributed by atoms with Crippen LogP contribution in [-0.2, 0) is 9.59 Å². The van der Waals surface area contributed by atoms with E-state index in [4.69, 9.17) is 18.9 Å². The predicted octanol–water partition coefficient (Wildman–Crippen LogP) is 4.74. The first-order valence-corrected chi connectivity index (χ1v) is 11.3. The summed E-state index contributed by atoms with van der Waals surface area (Å²) in [6, 6.07) is 17.7. The highest BCUT2D eigenvalue weighted by atomic mass is 16.5. The number of ketones is 1. The van der Waals surface area contributed by atoms with Gasteiger partial charge in [0, 0.05) is 17.3 Å². The van der Waals surface area contributed by atoms with Crippen molar-refractivity contribution in [1.82, 2.24) is 0 Å². The third-order valence-electron chi connectivity index (χ3n) is 5.92. The Bertz CT molecular complexity index is 1330. The number of benzene rings is 3. The van der Waals surface area contributed by atoms with E-state index >= 15 is 0 Å². The Hall–Kier alpha value is -4.46. The van der Waals surface area contributed by atoms with Crippen molar-refractivity contribution >= 4 is 23.1 Å². The third kappa shape index (κ3) is 4.45. The summed E-state index contributed by atoms with van der Waals surface area (Å²) in [6.07, 6.45) is 0. The van der Waals surface area contributed by atoms with Crippen LogP contribution in [0.1, 0.15) is 24.1 Å². The third-order valence-corrected chi connectivity index (χ3v) is 5.92. The number of ether oxygens (including phenoxy) is 4. The Labute approximate surface area is 209 Å². The van der Waals surface area contributed by atoms with E-state index in [2.05, 4.69) is 0 Å². The van der Waals surface area contributed by atoms with Crippen molar-refractivity contribution in [2.45, 2.75) is 13.0 Å². The van der Waals surface area contributed by atoms with Gasteiger partial charge in [-0.1, -0.05) is 24.3 Å². The summed E-state index contributed by atoms with van der Waals surface area (Å²) in [5.41, 5.74) is 1.30. The quantitative estimate of drug-likeness (QED) is 0.278. The van der Waals surface area contributed by atoms with Gasteiger partial charge in [0.15, 0.2) is 11.5 Å². The number of aliphatic hydroxyl groups excluding tert-OH is 1. The Morgan fingerprint density at radius 3 is 2.22 bits per heavy atom. The van der Waals surface area contributed by atoms with Crippen molar-refractivity contribution in [3.63, 3.8) is 0 Å². The standard InChI is InChI=1S/C28H27NO7/c1-5-36-23-15-17(12-13-22(23)35-4)25-24(26(30)18-8-6-10-20(14-18)33-2)27(31)28(32)29(25)19-9-7-11-21(16-19)34-3/h6-16,25,30H,5H2,1-4H3/b26-24-. The Morgan fingerprint density at radius 1 is 0.861 bits per heavy atom. The number of nitrogens with zero attached hydrogens (tertiary/aromatic N) is 1. The molecule has 1 N–H and O–H groups in total. The van der Waals surface area contributed by atoms with E-state index in [0.717, 1.165) is 0 Å². The molecule has 1 amide bonds. The summed E-state index contributed by atoms with van der Waals surface area (Å²) in [6.45, 7) is 2.23. The minimum Gasteiger partial charge on any atom is -0.507 e. The van der Waals surface area contributed by atoms with Crippen LogP contribution >= 0.6 is 0 Å². The SMILES string of the molecule is CCOc1cc(C2/C(=C(/O)c3cccc(OC)c3)C(=O)C(=O)N2c2cccc(OC)c2)ccc1OC. The molecule has 8 nitrogen and oxygen atoms in total. The molecule has 1 aliphatic rings. The predicted molar refractivity (Wildman–Crippen MR) is 135 cm³/mol. The summed E-state index contributed by atoms with van der Waals surface area (Å²) in [5.74, 6) is 0.0908. The van der Waals surface area contributed by atoms with Gasteiger partial charge in [0.2, 0.25) is 0 Å². The first kappa shape index (κ1) is 24.7. The summed E-state index contributed by atoms with van der Waals surface area (Å²) in [4.78, 5) is 28.2. The monoisotopic (exact) mass is 489 g/mol. The van der Waals surface area contributed by atoms with Gasteiger partial charge in [-0.25, -0.2) is 0 Å².